The van der Waals surface area contributed by atoms with Crippen LogP contribution in [0.4, 0.5) is 8.78 Å². The number of rotatable bonds is 6. The summed E-state index contributed by atoms with van der Waals surface area (Å²) >= 11 is 0. The lowest BCUT2D eigenvalue weighted by Gasteiger charge is -2.17. The van der Waals surface area contributed by atoms with Crippen LogP contribution in [0.3, 0.4) is 0 Å². The predicted octanol–water partition coefficient (Wildman–Crippen LogP) is 2.03. The lowest BCUT2D eigenvalue weighted by molar-refractivity contribution is -0.127. The van der Waals surface area contributed by atoms with Crippen molar-refractivity contribution in [3.63, 3.8) is 0 Å². The van der Waals surface area contributed by atoms with E-state index < -0.39 is 35.9 Å². The zero-order valence-electron chi connectivity index (χ0n) is 13.2. The Morgan fingerprint density at radius 2 is 1.71 bits per heavy atom. The maximum atomic E-state index is 13.6. The van der Waals surface area contributed by atoms with E-state index >= 15 is 0 Å². The number of nitrogens with one attached hydrogen (secondary N) is 1. The van der Waals surface area contributed by atoms with Gasteiger partial charge in [0.25, 0.3) is 0 Å². The van der Waals surface area contributed by atoms with Crippen LogP contribution in [0.2, 0.25) is 0 Å². The topological polar surface area (TPSA) is 72.2 Å². The first-order valence-electron chi connectivity index (χ1n) is 7.44. The van der Waals surface area contributed by atoms with Crippen molar-refractivity contribution in [1.29, 1.82) is 0 Å². The first-order chi connectivity index (χ1) is 11.4. The summed E-state index contributed by atoms with van der Waals surface area (Å²) in [6.07, 6.45) is -0.288. The minimum atomic E-state index is -0.951. The molecule has 0 bridgehead atoms. The molecule has 0 aliphatic rings. The highest BCUT2D eigenvalue weighted by atomic mass is 19.1. The van der Waals surface area contributed by atoms with Gasteiger partial charge in [-0.05, 0) is 30.2 Å². The van der Waals surface area contributed by atoms with Crippen molar-refractivity contribution in [2.75, 3.05) is 0 Å². The molecule has 6 heteroatoms. The van der Waals surface area contributed by atoms with Crippen LogP contribution in [0.1, 0.15) is 16.7 Å². The van der Waals surface area contributed by atoms with Crippen molar-refractivity contribution < 1.29 is 18.4 Å². The molecule has 0 fully saturated rings. The first kappa shape index (κ1) is 17.6. The molecule has 0 saturated carbocycles. The fraction of sp³-hybridized carbons (Fsp3) is 0.222. The number of aryl methyl sites for hydroxylation is 1. The smallest absolute Gasteiger partial charge is 0.240 e. The molecule has 0 radical (unpaired) electrons. The molecule has 0 spiro atoms. The Bertz CT molecular complexity index is 742. The number of halogens is 2. The van der Waals surface area contributed by atoms with Gasteiger partial charge in [0, 0.05) is 12.0 Å². The molecular weight excluding hydrogens is 314 g/mol. The molecule has 2 rings (SSSR count). The SMILES string of the molecule is Cc1ccccc1C[C@@H](NC(=O)Cc1c(F)cccc1F)C(N)=O. The van der Waals surface area contributed by atoms with Crippen LogP contribution in [0.5, 0.6) is 0 Å². The van der Waals surface area contributed by atoms with E-state index in [4.69, 9.17) is 5.73 Å². The molecule has 2 amide bonds. The average Bonchev–Trinajstić information content (AvgIpc) is 2.52. The molecule has 1 atom stereocenters. The number of benzene rings is 2. The van der Waals surface area contributed by atoms with Gasteiger partial charge >= 0.3 is 0 Å². The standard InChI is InChI=1S/C18H18F2N2O2/c1-11-5-2-3-6-12(11)9-16(18(21)24)22-17(23)10-13-14(19)7-4-8-15(13)20/h2-8,16H,9-10H2,1H3,(H2,21,24)(H,22,23)/t16-/m1/s1. The second-order valence-electron chi connectivity index (χ2n) is 5.53. The first-order valence-corrected chi connectivity index (χ1v) is 7.44. The molecule has 4 nitrogen and oxygen atoms in total. The van der Waals surface area contributed by atoms with Gasteiger partial charge in [-0.15, -0.1) is 0 Å². The summed E-state index contributed by atoms with van der Waals surface area (Å²) in [6, 6.07) is 9.80. The number of nitrogens with two attached hydrogens (primary N) is 1. The fourth-order valence-electron chi connectivity index (χ4n) is 2.39. The normalized spacial score (nSPS) is 11.8. The van der Waals surface area contributed by atoms with Gasteiger partial charge in [-0.2, -0.15) is 0 Å². The Morgan fingerprint density at radius 3 is 2.29 bits per heavy atom. The zero-order chi connectivity index (χ0) is 17.7. The van der Waals surface area contributed by atoms with Gasteiger partial charge in [-0.3, -0.25) is 9.59 Å². The quantitative estimate of drug-likeness (QED) is 0.849. The van der Waals surface area contributed by atoms with Crippen LogP contribution in [0.15, 0.2) is 42.5 Å². The third kappa shape index (κ3) is 4.38. The Labute approximate surface area is 138 Å². The summed E-state index contributed by atoms with van der Waals surface area (Å²) in [7, 11) is 0. The monoisotopic (exact) mass is 332 g/mol. The summed E-state index contributed by atoms with van der Waals surface area (Å²) in [4.78, 5) is 23.7. The number of hydrogen-bond donors (Lipinski definition) is 2. The number of hydrogen-bond acceptors (Lipinski definition) is 2. The van der Waals surface area contributed by atoms with Crippen molar-refractivity contribution in [3.8, 4) is 0 Å². The van der Waals surface area contributed by atoms with E-state index in [1.807, 2.05) is 31.2 Å². The van der Waals surface area contributed by atoms with E-state index in [2.05, 4.69) is 5.32 Å². The number of carbonyl (C=O) groups is 2. The highest BCUT2D eigenvalue weighted by Crippen LogP contribution is 2.13. The highest BCUT2D eigenvalue weighted by molar-refractivity contribution is 5.87. The van der Waals surface area contributed by atoms with E-state index in [9.17, 15) is 18.4 Å². The van der Waals surface area contributed by atoms with Gasteiger partial charge < -0.3 is 11.1 Å². The van der Waals surface area contributed by atoms with Gasteiger partial charge in [-0.1, -0.05) is 30.3 Å². The van der Waals surface area contributed by atoms with Crippen LogP contribution >= 0.6 is 0 Å². The third-order valence-corrected chi connectivity index (χ3v) is 3.76. The van der Waals surface area contributed by atoms with Crippen molar-refractivity contribution in [3.05, 3.63) is 70.8 Å². The molecule has 0 saturated heterocycles. The molecule has 3 N–H and O–H groups in total. The van der Waals surface area contributed by atoms with E-state index in [0.29, 0.717) is 0 Å². The van der Waals surface area contributed by atoms with E-state index in [0.717, 1.165) is 23.3 Å². The van der Waals surface area contributed by atoms with Gasteiger partial charge in [0.2, 0.25) is 11.8 Å². The summed E-state index contributed by atoms with van der Waals surface area (Å²) in [5, 5.41) is 2.45. The van der Waals surface area contributed by atoms with Crippen LogP contribution in [0, 0.1) is 18.6 Å². The molecule has 24 heavy (non-hydrogen) atoms. The van der Waals surface area contributed by atoms with E-state index in [1.165, 1.54) is 6.07 Å². The Kier molecular flexibility index (Phi) is 5.63. The van der Waals surface area contributed by atoms with Crippen molar-refractivity contribution in [2.45, 2.75) is 25.8 Å². The second-order valence-corrected chi connectivity index (χ2v) is 5.53. The Morgan fingerprint density at radius 1 is 1.08 bits per heavy atom. The van der Waals surface area contributed by atoms with Crippen molar-refractivity contribution >= 4 is 11.8 Å². The fourth-order valence-corrected chi connectivity index (χ4v) is 2.39. The zero-order valence-corrected chi connectivity index (χ0v) is 13.2. The average molecular weight is 332 g/mol. The Balaban J connectivity index is 2.09. The van der Waals surface area contributed by atoms with Crippen molar-refractivity contribution in [2.24, 2.45) is 5.73 Å². The molecule has 0 aliphatic heterocycles. The molecule has 2 aromatic rings. The third-order valence-electron chi connectivity index (χ3n) is 3.76. The second kappa shape index (κ2) is 7.68. The molecule has 0 aliphatic carbocycles. The summed E-state index contributed by atoms with van der Waals surface area (Å²) in [5.74, 6) is -2.99. The van der Waals surface area contributed by atoms with E-state index in [-0.39, 0.29) is 12.0 Å². The number of amides is 2. The summed E-state index contributed by atoms with van der Waals surface area (Å²) < 4.78 is 27.2. The molecule has 2 aromatic carbocycles. The molecule has 0 heterocycles. The minimum absolute atomic E-state index is 0.216. The van der Waals surface area contributed by atoms with Crippen LogP contribution in [-0.4, -0.2) is 17.9 Å². The van der Waals surface area contributed by atoms with Crippen molar-refractivity contribution in [1.82, 2.24) is 5.32 Å². The molecule has 0 unspecified atom stereocenters. The summed E-state index contributed by atoms with van der Waals surface area (Å²) in [5.41, 5.74) is 6.81. The van der Waals surface area contributed by atoms with E-state index in [1.54, 1.807) is 0 Å². The molecular formula is C18H18F2N2O2. The lowest BCUT2D eigenvalue weighted by Crippen LogP contribution is -2.46. The summed E-state index contributed by atoms with van der Waals surface area (Å²) in [6.45, 7) is 1.88. The maximum Gasteiger partial charge on any atom is 0.240 e. The Hall–Kier alpha value is -2.76. The number of primary amides is 1. The van der Waals surface area contributed by atoms with Gasteiger partial charge in [0.15, 0.2) is 0 Å². The minimum Gasteiger partial charge on any atom is -0.368 e. The van der Waals surface area contributed by atoms with Crippen LogP contribution in [0.25, 0.3) is 0 Å². The predicted molar refractivity (Wildman–Crippen MR) is 86.1 cm³/mol. The van der Waals surface area contributed by atoms with Gasteiger partial charge in [-0.25, -0.2) is 8.78 Å². The van der Waals surface area contributed by atoms with Crippen LogP contribution < -0.4 is 11.1 Å². The van der Waals surface area contributed by atoms with Gasteiger partial charge in [0.1, 0.15) is 17.7 Å². The number of carbonyl (C=O) groups excluding carboxylic acids is 2. The lowest BCUT2D eigenvalue weighted by atomic mass is 10.0. The maximum absolute atomic E-state index is 13.6. The largest absolute Gasteiger partial charge is 0.368 e. The highest BCUT2D eigenvalue weighted by Gasteiger charge is 2.21. The van der Waals surface area contributed by atoms with Gasteiger partial charge in [0.05, 0.1) is 6.42 Å². The van der Waals surface area contributed by atoms with Crippen LogP contribution in [-0.2, 0) is 22.4 Å². The molecule has 0 aromatic heterocycles. The molecule has 126 valence electrons.